The van der Waals surface area contributed by atoms with Crippen molar-refractivity contribution in [3.05, 3.63) is 53.0 Å². The Bertz CT molecular complexity index is 678. The van der Waals surface area contributed by atoms with E-state index >= 15 is 0 Å². The van der Waals surface area contributed by atoms with Gasteiger partial charge in [0.15, 0.2) is 0 Å². The van der Waals surface area contributed by atoms with Gasteiger partial charge < -0.3 is 10.7 Å². The maximum atomic E-state index is 5.67. The number of fused-ring (bicyclic) bond motifs is 1. The van der Waals surface area contributed by atoms with Crippen LogP contribution in [-0.2, 0) is 13.0 Å². The van der Waals surface area contributed by atoms with E-state index in [0.29, 0.717) is 6.54 Å². The van der Waals surface area contributed by atoms with Gasteiger partial charge in [-0.05, 0) is 24.6 Å². The molecule has 18 heavy (non-hydrogen) atoms. The van der Waals surface area contributed by atoms with E-state index in [1.54, 1.807) is 0 Å². The standard InChI is InChI=1S/C14H16N4/c1-9-3-2-4-13-12(9)6-11(17-13)5-10-8-16-18-14(10)7-15/h2-4,6,8,17H,5,7,15H2,1H3,(H,16,18). The highest BCUT2D eigenvalue weighted by molar-refractivity contribution is 5.83. The van der Waals surface area contributed by atoms with Crippen molar-refractivity contribution in [1.82, 2.24) is 15.2 Å². The lowest BCUT2D eigenvalue weighted by Gasteiger charge is -1.98. The number of nitrogens with zero attached hydrogens (tertiary/aromatic N) is 1. The van der Waals surface area contributed by atoms with Gasteiger partial charge in [-0.25, -0.2) is 0 Å². The second kappa shape index (κ2) is 4.31. The van der Waals surface area contributed by atoms with Gasteiger partial charge in [0.2, 0.25) is 0 Å². The van der Waals surface area contributed by atoms with E-state index in [-0.39, 0.29) is 0 Å². The molecule has 0 aliphatic carbocycles. The molecular formula is C14H16N4. The molecule has 0 fully saturated rings. The van der Waals surface area contributed by atoms with E-state index in [2.05, 4.69) is 46.4 Å². The van der Waals surface area contributed by atoms with Gasteiger partial charge in [0, 0.05) is 35.1 Å². The molecule has 0 saturated heterocycles. The summed E-state index contributed by atoms with van der Waals surface area (Å²) in [5.41, 5.74) is 11.5. The van der Waals surface area contributed by atoms with Crippen molar-refractivity contribution in [2.45, 2.75) is 19.9 Å². The predicted molar refractivity (Wildman–Crippen MR) is 72.3 cm³/mol. The third-order valence-electron chi connectivity index (χ3n) is 3.33. The molecule has 0 unspecified atom stereocenters. The summed E-state index contributed by atoms with van der Waals surface area (Å²) in [6.45, 7) is 2.62. The van der Waals surface area contributed by atoms with Crippen LogP contribution < -0.4 is 5.73 Å². The summed E-state index contributed by atoms with van der Waals surface area (Å²) in [7, 11) is 0. The average Bonchev–Trinajstić information content (AvgIpc) is 2.96. The Kier molecular flexibility index (Phi) is 2.64. The highest BCUT2D eigenvalue weighted by atomic mass is 15.1. The van der Waals surface area contributed by atoms with Crippen molar-refractivity contribution in [3.8, 4) is 0 Å². The smallest absolute Gasteiger partial charge is 0.0526 e. The van der Waals surface area contributed by atoms with Crippen LogP contribution >= 0.6 is 0 Å². The largest absolute Gasteiger partial charge is 0.358 e. The first kappa shape index (κ1) is 11.0. The number of hydrogen-bond donors (Lipinski definition) is 3. The lowest BCUT2D eigenvalue weighted by molar-refractivity contribution is 0.930. The molecule has 2 aromatic heterocycles. The summed E-state index contributed by atoms with van der Waals surface area (Å²) >= 11 is 0. The first-order valence-electron chi connectivity index (χ1n) is 6.06. The zero-order chi connectivity index (χ0) is 12.5. The van der Waals surface area contributed by atoms with Gasteiger partial charge in [-0.2, -0.15) is 5.10 Å². The highest BCUT2D eigenvalue weighted by Crippen LogP contribution is 2.21. The van der Waals surface area contributed by atoms with E-state index in [1.165, 1.54) is 22.2 Å². The van der Waals surface area contributed by atoms with Gasteiger partial charge in [-0.3, -0.25) is 5.10 Å². The number of aryl methyl sites for hydroxylation is 1. The summed E-state index contributed by atoms with van der Waals surface area (Å²) in [6, 6.07) is 8.51. The second-order valence-corrected chi connectivity index (χ2v) is 4.59. The lowest BCUT2D eigenvalue weighted by Crippen LogP contribution is -2.01. The number of rotatable bonds is 3. The van der Waals surface area contributed by atoms with Crippen LogP contribution in [0.2, 0.25) is 0 Å². The number of H-pyrrole nitrogens is 2. The molecule has 2 heterocycles. The normalized spacial score (nSPS) is 11.2. The number of nitrogens with one attached hydrogen (secondary N) is 2. The fourth-order valence-corrected chi connectivity index (χ4v) is 2.33. The molecule has 1 aromatic carbocycles. The molecule has 0 saturated carbocycles. The van der Waals surface area contributed by atoms with Crippen molar-refractivity contribution in [2.75, 3.05) is 0 Å². The maximum absolute atomic E-state index is 5.67. The Morgan fingerprint density at radius 3 is 3.00 bits per heavy atom. The van der Waals surface area contributed by atoms with Crippen molar-refractivity contribution in [1.29, 1.82) is 0 Å². The monoisotopic (exact) mass is 240 g/mol. The molecule has 3 rings (SSSR count). The minimum atomic E-state index is 0.495. The van der Waals surface area contributed by atoms with Gasteiger partial charge >= 0.3 is 0 Å². The molecular weight excluding hydrogens is 224 g/mol. The Morgan fingerprint density at radius 2 is 2.22 bits per heavy atom. The first-order chi connectivity index (χ1) is 8.78. The number of aromatic nitrogens is 3. The number of benzene rings is 1. The van der Waals surface area contributed by atoms with Gasteiger partial charge in [0.25, 0.3) is 0 Å². The van der Waals surface area contributed by atoms with Gasteiger partial charge in [-0.15, -0.1) is 0 Å². The van der Waals surface area contributed by atoms with E-state index in [4.69, 9.17) is 5.73 Å². The fourth-order valence-electron chi connectivity index (χ4n) is 2.33. The fraction of sp³-hybridized carbons (Fsp3) is 0.214. The Hall–Kier alpha value is -2.07. The predicted octanol–water partition coefficient (Wildman–Crippen LogP) is 2.25. The summed E-state index contributed by atoms with van der Waals surface area (Å²) in [4.78, 5) is 3.44. The van der Waals surface area contributed by atoms with E-state index in [0.717, 1.165) is 17.7 Å². The second-order valence-electron chi connectivity index (χ2n) is 4.59. The quantitative estimate of drug-likeness (QED) is 0.657. The van der Waals surface area contributed by atoms with Crippen LogP contribution in [0, 0.1) is 6.92 Å². The zero-order valence-corrected chi connectivity index (χ0v) is 10.3. The van der Waals surface area contributed by atoms with Crippen LogP contribution in [0.15, 0.2) is 30.5 Å². The van der Waals surface area contributed by atoms with Crippen LogP contribution in [0.3, 0.4) is 0 Å². The summed E-state index contributed by atoms with van der Waals surface area (Å²) < 4.78 is 0. The van der Waals surface area contributed by atoms with Gasteiger partial charge in [-0.1, -0.05) is 12.1 Å². The molecule has 3 aromatic rings. The molecule has 4 N–H and O–H groups in total. The average molecular weight is 240 g/mol. The molecule has 0 atom stereocenters. The molecule has 0 spiro atoms. The summed E-state index contributed by atoms with van der Waals surface area (Å²) in [5.74, 6) is 0. The minimum absolute atomic E-state index is 0.495. The lowest BCUT2D eigenvalue weighted by atomic mass is 10.1. The van der Waals surface area contributed by atoms with Crippen molar-refractivity contribution < 1.29 is 0 Å². The topological polar surface area (TPSA) is 70.5 Å². The van der Waals surface area contributed by atoms with E-state index < -0.39 is 0 Å². The van der Waals surface area contributed by atoms with Crippen molar-refractivity contribution in [3.63, 3.8) is 0 Å². The van der Waals surface area contributed by atoms with Crippen LogP contribution in [0.25, 0.3) is 10.9 Å². The van der Waals surface area contributed by atoms with Gasteiger partial charge in [0.1, 0.15) is 0 Å². The molecule has 0 aliphatic rings. The molecule has 4 nitrogen and oxygen atoms in total. The van der Waals surface area contributed by atoms with E-state index in [1.807, 2.05) is 6.20 Å². The molecule has 0 amide bonds. The Morgan fingerprint density at radius 1 is 1.33 bits per heavy atom. The van der Waals surface area contributed by atoms with Crippen LogP contribution in [0.4, 0.5) is 0 Å². The third kappa shape index (κ3) is 1.80. The Balaban J connectivity index is 1.98. The number of aromatic amines is 2. The first-order valence-corrected chi connectivity index (χ1v) is 6.06. The maximum Gasteiger partial charge on any atom is 0.0526 e. The molecule has 4 heteroatoms. The molecule has 92 valence electrons. The van der Waals surface area contributed by atoms with Crippen LogP contribution in [-0.4, -0.2) is 15.2 Å². The number of nitrogens with two attached hydrogens (primary N) is 1. The third-order valence-corrected chi connectivity index (χ3v) is 3.33. The summed E-state index contributed by atoms with van der Waals surface area (Å²) in [6.07, 6.45) is 2.68. The number of hydrogen-bond acceptors (Lipinski definition) is 2. The Labute approximate surface area is 105 Å². The van der Waals surface area contributed by atoms with Crippen molar-refractivity contribution in [2.24, 2.45) is 5.73 Å². The highest BCUT2D eigenvalue weighted by Gasteiger charge is 2.07. The molecule has 0 aliphatic heterocycles. The van der Waals surface area contributed by atoms with E-state index in [9.17, 15) is 0 Å². The van der Waals surface area contributed by atoms with Crippen molar-refractivity contribution >= 4 is 10.9 Å². The van der Waals surface area contributed by atoms with Gasteiger partial charge in [0.05, 0.1) is 11.9 Å². The molecule has 0 bridgehead atoms. The zero-order valence-electron chi connectivity index (χ0n) is 10.3. The summed E-state index contributed by atoms with van der Waals surface area (Å²) in [5, 5.41) is 8.26. The SMILES string of the molecule is Cc1cccc2[nH]c(Cc3cn[nH]c3CN)cc12. The minimum Gasteiger partial charge on any atom is -0.358 e. The molecule has 0 radical (unpaired) electrons. The van der Waals surface area contributed by atoms with Crippen LogP contribution in [0.5, 0.6) is 0 Å². The van der Waals surface area contributed by atoms with Crippen LogP contribution in [0.1, 0.15) is 22.5 Å².